The SMILES string of the molecule is Cc1cc(C)n(Cc2cccc(NC(=O)Cc3coc(-c4ccc(F)cc4)n3)c2)n1. The van der Waals surface area contributed by atoms with Crippen molar-refractivity contribution in [2.75, 3.05) is 5.32 Å². The highest BCUT2D eigenvalue weighted by Gasteiger charge is 2.11. The van der Waals surface area contributed by atoms with Gasteiger partial charge in [-0.05, 0) is 61.9 Å². The van der Waals surface area contributed by atoms with Crippen LogP contribution in [0.3, 0.4) is 0 Å². The number of anilines is 1. The summed E-state index contributed by atoms with van der Waals surface area (Å²) in [5.74, 6) is -0.174. The maximum atomic E-state index is 13.0. The largest absolute Gasteiger partial charge is 0.444 e. The Labute approximate surface area is 173 Å². The number of aryl methyl sites for hydroxylation is 2. The highest BCUT2D eigenvalue weighted by Crippen LogP contribution is 2.19. The Bertz CT molecular complexity index is 1180. The van der Waals surface area contributed by atoms with Gasteiger partial charge in [0.2, 0.25) is 11.8 Å². The fourth-order valence-electron chi connectivity index (χ4n) is 3.24. The molecular formula is C23H21FN4O2. The summed E-state index contributed by atoms with van der Waals surface area (Å²) in [5.41, 5.74) is 4.97. The van der Waals surface area contributed by atoms with Crippen molar-refractivity contribution in [3.05, 3.63) is 89.3 Å². The average Bonchev–Trinajstić information content (AvgIpc) is 3.28. The van der Waals surface area contributed by atoms with Crippen LogP contribution < -0.4 is 5.32 Å². The molecule has 0 spiro atoms. The van der Waals surface area contributed by atoms with E-state index in [4.69, 9.17) is 4.42 Å². The maximum absolute atomic E-state index is 13.0. The van der Waals surface area contributed by atoms with E-state index < -0.39 is 0 Å². The van der Waals surface area contributed by atoms with E-state index in [-0.39, 0.29) is 18.1 Å². The van der Waals surface area contributed by atoms with Crippen LogP contribution in [0.4, 0.5) is 10.1 Å². The standard InChI is InChI=1S/C23H21FN4O2/c1-15-10-16(2)28(27-15)13-17-4-3-5-20(11-17)25-22(29)12-21-14-30-23(26-21)18-6-8-19(24)9-7-18/h3-11,14H,12-13H2,1-2H3,(H,25,29). The number of oxazole rings is 1. The van der Waals surface area contributed by atoms with E-state index in [1.165, 1.54) is 18.4 Å². The molecule has 0 aliphatic carbocycles. The number of rotatable bonds is 6. The number of halogens is 1. The number of hydrogen-bond acceptors (Lipinski definition) is 4. The van der Waals surface area contributed by atoms with Crippen LogP contribution in [0.1, 0.15) is 22.6 Å². The second kappa shape index (κ2) is 8.32. The van der Waals surface area contributed by atoms with Crippen LogP contribution in [0.5, 0.6) is 0 Å². The average molecular weight is 404 g/mol. The fourth-order valence-corrected chi connectivity index (χ4v) is 3.24. The van der Waals surface area contributed by atoms with Crippen molar-refractivity contribution in [2.45, 2.75) is 26.8 Å². The van der Waals surface area contributed by atoms with Gasteiger partial charge in [-0.15, -0.1) is 0 Å². The monoisotopic (exact) mass is 404 g/mol. The number of aromatic nitrogens is 3. The molecule has 1 N–H and O–H groups in total. The van der Waals surface area contributed by atoms with Gasteiger partial charge >= 0.3 is 0 Å². The van der Waals surface area contributed by atoms with Crippen molar-refractivity contribution in [1.29, 1.82) is 0 Å². The van der Waals surface area contributed by atoms with Crippen molar-refractivity contribution in [3.63, 3.8) is 0 Å². The zero-order chi connectivity index (χ0) is 21.1. The first-order chi connectivity index (χ1) is 14.5. The van der Waals surface area contributed by atoms with E-state index >= 15 is 0 Å². The van der Waals surface area contributed by atoms with Crippen molar-refractivity contribution < 1.29 is 13.6 Å². The second-order valence-corrected chi connectivity index (χ2v) is 7.16. The molecular weight excluding hydrogens is 383 g/mol. The van der Waals surface area contributed by atoms with E-state index in [0.717, 1.165) is 17.0 Å². The summed E-state index contributed by atoms with van der Waals surface area (Å²) in [6, 6.07) is 15.5. The molecule has 1 amide bonds. The molecule has 2 aromatic carbocycles. The third-order valence-electron chi connectivity index (χ3n) is 4.63. The summed E-state index contributed by atoms with van der Waals surface area (Å²) in [6.07, 6.45) is 1.52. The zero-order valence-electron chi connectivity index (χ0n) is 16.7. The van der Waals surface area contributed by atoms with E-state index in [9.17, 15) is 9.18 Å². The van der Waals surface area contributed by atoms with Crippen LogP contribution in [0.25, 0.3) is 11.5 Å². The second-order valence-electron chi connectivity index (χ2n) is 7.16. The van der Waals surface area contributed by atoms with Crippen molar-refractivity contribution in [1.82, 2.24) is 14.8 Å². The first-order valence-electron chi connectivity index (χ1n) is 9.56. The van der Waals surface area contributed by atoms with Crippen LogP contribution >= 0.6 is 0 Å². The summed E-state index contributed by atoms with van der Waals surface area (Å²) in [6.45, 7) is 4.61. The predicted molar refractivity (Wildman–Crippen MR) is 111 cm³/mol. The van der Waals surface area contributed by atoms with Crippen LogP contribution in [0.15, 0.2) is 65.3 Å². The maximum Gasteiger partial charge on any atom is 0.230 e. The molecule has 0 fully saturated rings. The molecule has 0 aliphatic heterocycles. The molecule has 2 heterocycles. The Balaban J connectivity index is 1.39. The zero-order valence-corrected chi connectivity index (χ0v) is 16.7. The van der Waals surface area contributed by atoms with Crippen LogP contribution in [0.2, 0.25) is 0 Å². The van der Waals surface area contributed by atoms with Crippen molar-refractivity contribution in [3.8, 4) is 11.5 Å². The number of amides is 1. The third-order valence-corrected chi connectivity index (χ3v) is 4.63. The van der Waals surface area contributed by atoms with Gasteiger partial charge in [0.15, 0.2) is 0 Å². The smallest absolute Gasteiger partial charge is 0.230 e. The van der Waals surface area contributed by atoms with E-state index in [0.29, 0.717) is 29.4 Å². The molecule has 30 heavy (non-hydrogen) atoms. The van der Waals surface area contributed by atoms with Gasteiger partial charge in [0, 0.05) is 16.9 Å². The molecule has 152 valence electrons. The highest BCUT2D eigenvalue weighted by atomic mass is 19.1. The summed E-state index contributed by atoms with van der Waals surface area (Å²) in [7, 11) is 0. The lowest BCUT2D eigenvalue weighted by Crippen LogP contribution is -2.15. The molecule has 7 heteroatoms. The summed E-state index contributed by atoms with van der Waals surface area (Å²) >= 11 is 0. The number of benzene rings is 2. The molecule has 0 unspecified atom stereocenters. The summed E-state index contributed by atoms with van der Waals surface area (Å²) in [4.78, 5) is 16.8. The van der Waals surface area contributed by atoms with E-state index in [1.807, 2.05) is 48.9 Å². The molecule has 0 saturated heterocycles. The molecule has 0 saturated carbocycles. The minimum absolute atomic E-state index is 0.0758. The Kier molecular flexibility index (Phi) is 5.43. The minimum atomic E-state index is -0.329. The quantitative estimate of drug-likeness (QED) is 0.513. The van der Waals surface area contributed by atoms with Gasteiger partial charge < -0.3 is 9.73 Å². The number of nitrogens with one attached hydrogen (secondary N) is 1. The van der Waals surface area contributed by atoms with Gasteiger partial charge in [0.05, 0.1) is 24.4 Å². The Morgan fingerprint density at radius 2 is 1.93 bits per heavy atom. The number of hydrogen-bond donors (Lipinski definition) is 1. The van der Waals surface area contributed by atoms with E-state index in [1.54, 1.807) is 12.1 Å². The first-order valence-corrected chi connectivity index (χ1v) is 9.56. The molecule has 0 radical (unpaired) electrons. The predicted octanol–water partition coefficient (Wildman–Crippen LogP) is 4.52. The van der Waals surface area contributed by atoms with Crippen LogP contribution in [-0.4, -0.2) is 20.7 Å². The van der Waals surface area contributed by atoms with Gasteiger partial charge in [-0.3, -0.25) is 9.48 Å². The Hall–Kier alpha value is -3.74. The number of carbonyl (C=O) groups is 1. The lowest BCUT2D eigenvalue weighted by Gasteiger charge is -2.08. The number of carbonyl (C=O) groups excluding carboxylic acids is 1. The van der Waals surface area contributed by atoms with Gasteiger partial charge in [-0.2, -0.15) is 5.10 Å². The summed E-state index contributed by atoms with van der Waals surface area (Å²) in [5, 5.41) is 7.37. The normalized spacial score (nSPS) is 10.9. The molecule has 0 bridgehead atoms. The van der Waals surface area contributed by atoms with Gasteiger partial charge in [0.1, 0.15) is 12.1 Å². The molecule has 4 rings (SSSR count). The van der Waals surface area contributed by atoms with E-state index in [2.05, 4.69) is 15.4 Å². The van der Waals surface area contributed by atoms with Gasteiger partial charge in [0.25, 0.3) is 0 Å². The third kappa shape index (κ3) is 4.63. The fraction of sp³-hybridized carbons (Fsp3) is 0.174. The molecule has 4 aromatic rings. The molecule has 0 atom stereocenters. The molecule has 6 nitrogen and oxygen atoms in total. The lowest BCUT2D eigenvalue weighted by atomic mass is 10.2. The van der Waals surface area contributed by atoms with Gasteiger partial charge in [-0.1, -0.05) is 12.1 Å². The Morgan fingerprint density at radius 3 is 2.67 bits per heavy atom. The summed E-state index contributed by atoms with van der Waals surface area (Å²) < 4.78 is 20.4. The molecule has 0 aliphatic rings. The topological polar surface area (TPSA) is 73.0 Å². The molecule has 2 aromatic heterocycles. The Morgan fingerprint density at radius 1 is 1.13 bits per heavy atom. The minimum Gasteiger partial charge on any atom is -0.444 e. The first kappa shape index (κ1) is 19.6. The number of nitrogens with zero attached hydrogens (tertiary/aromatic N) is 3. The lowest BCUT2D eigenvalue weighted by molar-refractivity contribution is -0.115. The highest BCUT2D eigenvalue weighted by molar-refractivity contribution is 5.92. The van der Waals surface area contributed by atoms with Crippen LogP contribution in [0, 0.1) is 19.7 Å². The van der Waals surface area contributed by atoms with Crippen molar-refractivity contribution in [2.24, 2.45) is 0 Å². The van der Waals surface area contributed by atoms with Crippen molar-refractivity contribution >= 4 is 11.6 Å². The van der Waals surface area contributed by atoms with Crippen LogP contribution in [-0.2, 0) is 17.8 Å². The van der Waals surface area contributed by atoms with Gasteiger partial charge in [-0.25, -0.2) is 9.37 Å².